The van der Waals surface area contributed by atoms with Crippen molar-refractivity contribution in [2.24, 2.45) is 0 Å². The lowest BCUT2D eigenvalue weighted by Crippen LogP contribution is -2.36. The number of halogens is 1. The normalized spacial score (nSPS) is 10.5. The van der Waals surface area contributed by atoms with E-state index in [1.54, 1.807) is 31.3 Å². The zero-order valence-corrected chi connectivity index (χ0v) is 17.5. The lowest BCUT2D eigenvalue weighted by atomic mass is 10.2. The van der Waals surface area contributed by atoms with Gasteiger partial charge in [-0.3, -0.25) is 9.59 Å². The van der Waals surface area contributed by atoms with E-state index in [1.165, 1.54) is 28.0 Å². The fourth-order valence-corrected chi connectivity index (χ4v) is 4.31. The first-order valence-corrected chi connectivity index (χ1v) is 10.7. The zero-order valence-electron chi connectivity index (χ0n) is 15.1. The van der Waals surface area contributed by atoms with Crippen LogP contribution in [0.15, 0.2) is 64.3 Å². The van der Waals surface area contributed by atoms with Crippen LogP contribution in [0.3, 0.4) is 0 Å². The molecule has 0 spiro atoms. The van der Waals surface area contributed by atoms with Gasteiger partial charge < -0.3 is 10.2 Å². The van der Waals surface area contributed by atoms with Crippen LogP contribution >= 0.6 is 34.7 Å². The van der Waals surface area contributed by atoms with E-state index in [-0.39, 0.29) is 24.1 Å². The Kier molecular flexibility index (Phi) is 7.08. The number of hydrogen-bond donors (Lipinski definition) is 1. The third kappa shape index (κ3) is 5.58. The molecule has 3 rings (SSSR count). The van der Waals surface area contributed by atoms with Gasteiger partial charge in [0.25, 0.3) is 0 Å². The van der Waals surface area contributed by atoms with Gasteiger partial charge in [-0.25, -0.2) is 4.98 Å². The molecule has 0 aliphatic heterocycles. The number of carbonyl (C=O) groups excluding carboxylic acids is 2. The summed E-state index contributed by atoms with van der Waals surface area (Å²) < 4.78 is 0.820. The van der Waals surface area contributed by atoms with Crippen molar-refractivity contribution in [2.45, 2.75) is 4.34 Å². The number of rotatable bonds is 7. The number of nitrogens with one attached hydrogen (secondary N) is 1. The topological polar surface area (TPSA) is 62.3 Å². The Morgan fingerprint density at radius 1 is 1.14 bits per heavy atom. The standard InChI is InChI=1S/C20H18ClN3O2S2/c1-24(11-18(25)22-16-10-6-5-9-15(16)21)19(26)13-28-20-23-17(12-27-20)14-7-3-2-4-8-14/h2-10,12H,11,13H2,1H3,(H,22,25). The molecule has 8 heteroatoms. The van der Waals surface area contributed by atoms with Gasteiger partial charge >= 0.3 is 0 Å². The summed E-state index contributed by atoms with van der Waals surface area (Å²) in [5, 5.41) is 5.14. The second-order valence-corrected chi connectivity index (χ2v) is 8.42. The van der Waals surface area contributed by atoms with Crippen LogP contribution in [0.4, 0.5) is 5.69 Å². The zero-order chi connectivity index (χ0) is 19.9. The largest absolute Gasteiger partial charge is 0.336 e. The summed E-state index contributed by atoms with van der Waals surface area (Å²) in [6.07, 6.45) is 0. The van der Waals surface area contributed by atoms with Crippen molar-refractivity contribution in [2.75, 3.05) is 24.7 Å². The summed E-state index contributed by atoms with van der Waals surface area (Å²) >= 11 is 8.90. The van der Waals surface area contributed by atoms with Crippen LogP contribution in [-0.2, 0) is 9.59 Å². The maximum Gasteiger partial charge on any atom is 0.244 e. The highest BCUT2D eigenvalue weighted by molar-refractivity contribution is 8.01. The fourth-order valence-electron chi connectivity index (χ4n) is 2.35. The van der Waals surface area contributed by atoms with Gasteiger partial charge in [0.2, 0.25) is 11.8 Å². The number of carbonyl (C=O) groups is 2. The van der Waals surface area contributed by atoms with Gasteiger partial charge in [0.05, 0.1) is 28.7 Å². The minimum absolute atomic E-state index is 0.0439. The maximum absolute atomic E-state index is 12.3. The van der Waals surface area contributed by atoms with E-state index >= 15 is 0 Å². The third-order valence-corrected chi connectivity index (χ3v) is 6.16. The van der Waals surface area contributed by atoms with Crippen LogP contribution in [0.5, 0.6) is 0 Å². The first-order chi connectivity index (χ1) is 13.5. The van der Waals surface area contributed by atoms with Crippen molar-refractivity contribution in [3.8, 4) is 11.3 Å². The Morgan fingerprint density at radius 3 is 2.61 bits per heavy atom. The molecule has 0 atom stereocenters. The van der Waals surface area contributed by atoms with Crippen molar-refractivity contribution in [3.05, 3.63) is 65.0 Å². The van der Waals surface area contributed by atoms with Crippen LogP contribution in [0.25, 0.3) is 11.3 Å². The molecule has 0 aliphatic carbocycles. The molecule has 3 aromatic rings. The molecule has 28 heavy (non-hydrogen) atoms. The summed E-state index contributed by atoms with van der Waals surface area (Å²) in [5.41, 5.74) is 2.47. The second-order valence-electron chi connectivity index (χ2n) is 5.93. The van der Waals surface area contributed by atoms with E-state index in [9.17, 15) is 9.59 Å². The number of amides is 2. The monoisotopic (exact) mass is 431 g/mol. The number of thiazole rings is 1. The number of para-hydroxylation sites is 1. The van der Waals surface area contributed by atoms with Crippen LogP contribution in [0, 0.1) is 0 Å². The Labute approximate surface area is 176 Å². The van der Waals surface area contributed by atoms with Crippen molar-refractivity contribution >= 4 is 52.2 Å². The average Bonchev–Trinajstić information content (AvgIpc) is 3.17. The molecule has 1 aromatic heterocycles. The highest BCUT2D eigenvalue weighted by Gasteiger charge is 2.15. The van der Waals surface area contributed by atoms with Crippen molar-refractivity contribution in [3.63, 3.8) is 0 Å². The van der Waals surface area contributed by atoms with E-state index in [2.05, 4.69) is 10.3 Å². The van der Waals surface area contributed by atoms with Gasteiger partial charge in [-0.05, 0) is 12.1 Å². The number of hydrogen-bond acceptors (Lipinski definition) is 5. The minimum Gasteiger partial charge on any atom is -0.336 e. The molecule has 5 nitrogen and oxygen atoms in total. The van der Waals surface area contributed by atoms with E-state index in [0.29, 0.717) is 10.7 Å². The number of likely N-dealkylation sites (N-methyl/N-ethyl adjacent to an activating group) is 1. The maximum atomic E-state index is 12.3. The van der Waals surface area contributed by atoms with Gasteiger partial charge in [0.15, 0.2) is 4.34 Å². The van der Waals surface area contributed by atoms with E-state index in [0.717, 1.165) is 15.6 Å². The number of thioether (sulfide) groups is 1. The molecule has 2 aromatic carbocycles. The summed E-state index contributed by atoms with van der Waals surface area (Å²) in [7, 11) is 1.60. The summed E-state index contributed by atoms with van der Waals surface area (Å²) in [6, 6.07) is 16.9. The van der Waals surface area contributed by atoms with Crippen LogP contribution in [-0.4, -0.2) is 41.0 Å². The van der Waals surface area contributed by atoms with Gasteiger partial charge in [0.1, 0.15) is 0 Å². The molecule has 0 unspecified atom stereocenters. The molecular weight excluding hydrogens is 414 g/mol. The molecule has 0 saturated carbocycles. The number of nitrogens with zero attached hydrogens (tertiary/aromatic N) is 2. The van der Waals surface area contributed by atoms with Gasteiger partial charge in [-0.2, -0.15) is 0 Å². The Morgan fingerprint density at radius 2 is 1.86 bits per heavy atom. The molecule has 0 aliphatic rings. The smallest absolute Gasteiger partial charge is 0.244 e. The quantitative estimate of drug-likeness (QED) is 0.553. The van der Waals surface area contributed by atoms with Crippen LogP contribution in [0.1, 0.15) is 0 Å². The first-order valence-electron chi connectivity index (χ1n) is 8.45. The Hall–Kier alpha value is -2.35. The SMILES string of the molecule is CN(CC(=O)Nc1ccccc1Cl)C(=O)CSc1nc(-c2ccccc2)cs1. The highest BCUT2D eigenvalue weighted by Crippen LogP contribution is 2.28. The molecule has 2 amide bonds. The lowest BCUT2D eigenvalue weighted by molar-refractivity contribution is -0.131. The van der Waals surface area contributed by atoms with E-state index < -0.39 is 0 Å². The first kappa shape index (κ1) is 20.4. The summed E-state index contributed by atoms with van der Waals surface area (Å²) in [5.74, 6) is -0.220. The van der Waals surface area contributed by atoms with Crippen molar-refractivity contribution in [1.29, 1.82) is 0 Å². The fraction of sp³-hybridized carbons (Fsp3) is 0.150. The molecule has 1 N–H and O–H groups in total. The predicted octanol–water partition coefficient (Wildman–Crippen LogP) is 4.65. The summed E-state index contributed by atoms with van der Waals surface area (Å²) in [4.78, 5) is 30.4. The summed E-state index contributed by atoms with van der Waals surface area (Å²) in [6.45, 7) is -0.0439. The lowest BCUT2D eigenvalue weighted by Gasteiger charge is -2.16. The molecule has 0 radical (unpaired) electrons. The molecule has 1 heterocycles. The number of anilines is 1. The van der Waals surface area contributed by atoms with Crippen molar-refractivity contribution < 1.29 is 9.59 Å². The van der Waals surface area contributed by atoms with E-state index in [4.69, 9.17) is 11.6 Å². The highest BCUT2D eigenvalue weighted by atomic mass is 35.5. The van der Waals surface area contributed by atoms with Gasteiger partial charge in [0, 0.05) is 18.0 Å². The van der Waals surface area contributed by atoms with Gasteiger partial charge in [-0.15, -0.1) is 11.3 Å². The number of benzene rings is 2. The second kappa shape index (κ2) is 9.73. The third-order valence-electron chi connectivity index (χ3n) is 3.83. The van der Waals surface area contributed by atoms with Crippen LogP contribution < -0.4 is 5.32 Å². The number of aromatic nitrogens is 1. The Balaban J connectivity index is 1.49. The van der Waals surface area contributed by atoms with Gasteiger partial charge in [-0.1, -0.05) is 65.8 Å². The Bertz CT molecular complexity index is 963. The molecular formula is C20H18ClN3O2S2. The molecule has 0 fully saturated rings. The molecule has 0 saturated heterocycles. The van der Waals surface area contributed by atoms with Crippen LogP contribution in [0.2, 0.25) is 5.02 Å². The molecule has 144 valence electrons. The predicted molar refractivity (Wildman–Crippen MR) is 116 cm³/mol. The van der Waals surface area contributed by atoms with E-state index in [1.807, 2.05) is 35.7 Å². The average molecular weight is 432 g/mol. The molecule has 0 bridgehead atoms. The van der Waals surface area contributed by atoms with Crippen molar-refractivity contribution in [1.82, 2.24) is 9.88 Å². The minimum atomic E-state index is -0.297.